The predicted molar refractivity (Wildman–Crippen MR) is 115 cm³/mol. The summed E-state index contributed by atoms with van der Waals surface area (Å²) in [5.74, 6) is 0.903. The van der Waals surface area contributed by atoms with Crippen LogP contribution >= 0.6 is 0 Å². The topological polar surface area (TPSA) is 92.5 Å². The lowest BCUT2D eigenvalue weighted by molar-refractivity contribution is 0.106. The molecule has 2 amide bonds. The van der Waals surface area contributed by atoms with E-state index in [2.05, 4.69) is 20.6 Å². The SMILES string of the molecule is Cc1c(C(NC(=O)Nc2cnc(N3CCCOC3)nc2)C(C)C)oc2ccc(F)cc12. The van der Waals surface area contributed by atoms with E-state index in [-0.39, 0.29) is 17.8 Å². The summed E-state index contributed by atoms with van der Waals surface area (Å²) in [7, 11) is 0. The molecule has 3 aromatic rings. The zero-order valence-electron chi connectivity index (χ0n) is 17.8. The molecule has 1 aliphatic rings. The van der Waals surface area contributed by atoms with Crippen molar-refractivity contribution in [1.29, 1.82) is 0 Å². The van der Waals surface area contributed by atoms with Gasteiger partial charge >= 0.3 is 6.03 Å². The number of rotatable bonds is 5. The number of ether oxygens (including phenoxy) is 1. The van der Waals surface area contributed by atoms with Crippen LogP contribution in [0.1, 0.15) is 37.6 Å². The van der Waals surface area contributed by atoms with Crippen molar-refractivity contribution in [3.8, 4) is 0 Å². The summed E-state index contributed by atoms with van der Waals surface area (Å²) in [5.41, 5.74) is 1.88. The third-order valence-corrected chi connectivity index (χ3v) is 5.31. The Balaban J connectivity index is 1.46. The third-order valence-electron chi connectivity index (χ3n) is 5.31. The van der Waals surface area contributed by atoms with Crippen LogP contribution in [0.3, 0.4) is 0 Å². The number of halogens is 1. The average molecular weight is 427 g/mol. The van der Waals surface area contributed by atoms with E-state index in [4.69, 9.17) is 9.15 Å². The van der Waals surface area contributed by atoms with Crippen LogP contribution in [0.4, 0.5) is 20.8 Å². The number of aryl methyl sites for hydroxylation is 1. The van der Waals surface area contributed by atoms with Gasteiger partial charge in [-0.05, 0) is 37.5 Å². The van der Waals surface area contributed by atoms with Crippen molar-refractivity contribution in [2.24, 2.45) is 5.92 Å². The van der Waals surface area contributed by atoms with Gasteiger partial charge in [-0.1, -0.05) is 13.8 Å². The van der Waals surface area contributed by atoms with Crippen LogP contribution in [-0.2, 0) is 4.74 Å². The Morgan fingerprint density at radius 3 is 2.71 bits per heavy atom. The number of nitrogens with zero attached hydrogens (tertiary/aromatic N) is 3. The molecule has 31 heavy (non-hydrogen) atoms. The van der Waals surface area contributed by atoms with Crippen molar-refractivity contribution in [2.75, 3.05) is 30.1 Å². The van der Waals surface area contributed by atoms with Crippen LogP contribution in [0.2, 0.25) is 0 Å². The molecule has 1 atom stereocenters. The smallest absolute Gasteiger partial charge is 0.319 e. The normalized spacial score (nSPS) is 15.3. The number of carbonyl (C=O) groups is 1. The van der Waals surface area contributed by atoms with E-state index < -0.39 is 6.03 Å². The van der Waals surface area contributed by atoms with E-state index >= 15 is 0 Å². The fraction of sp³-hybridized carbons (Fsp3) is 0.409. The number of hydrogen-bond acceptors (Lipinski definition) is 6. The quantitative estimate of drug-likeness (QED) is 0.628. The van der Waals surface area contributed by atoms with Crippen molar-refractivity contribution in [3.63, 3.8) is 0 Å². The first-order chi connectivity index (χ1) is 14.9. The Morgan fingerprint density at radius 1 is 1.26 bits per heavy atom. The number of carbonyl (C=O) groups excluding carboxylic acids is 1. The van der Waals surface area contributed by atoms with E-state index in [0.717, 1.165) is 25.1 Å². The zero-order valence-corrected chi connectivity index (χ0v) is 17.8. The number of amides is 2. The first-order valence-corrected chi connectivity index (χ1v) is 10.3. The van der Waals surface area contributed by atoms with Gasteiger partial charge in [-0.3, -0.25) is 0 Å². The highest BCUT2D eigenvalue weighted by molar-refractivity contribution is 5.89. The predicted octanol–water partition coefficient (Wildman–Crippen LogP) is 4.37. The molecule has 1 aliphatic heterocycles. The van der Waals surface area contributed by atoms with Crippen molar-refractivity contribution >= 4 is 28.6 Å². The highest BCUT2D eigenvalue weighted by Crippen LogP contribution is 2.33. The molecule has 164 valence electrons. The molecule has 1 saturated heterocycles. The minimum atomic E-state index is -0.401. The number of benzene rings is 1. The standard InChI is InChI=1S/C22H26FN5O3/c1-13(2)19(20-14(3)17-9-15(23)5-6-18(17)31-20)27-22(29)26-16-10-24-21(25-11-16)28-7-4-8-30-12-28/h5-6,9-11,13,19H,4,7-8,12H2,1-3H3,(H2,26,27,29). The van der Waals surface area contributed by atoms with Crippen LogP contribution in [0.25, 0.3) is 11.0 Å². The van der Waals surface area contributed by atoms with Gasteiger partial charge in [0.05, 0.1) is 30.7 Å². The van der Waals surface area contributed by atoms with Gasteiger partial charge in [0, 0.05) is 17.5 Å². The Labute approximate surface area is 179 Å². The van der Waals surface area contributed by atoms with E-state index in [0.29, 0.717) is 35.1 Å². The minimum absolute atomic E-state index is 0.0487. The van der Waals surface area contributed by atoms with E-state index in [1.807, 2.05) is 25.7 Å². The molecule has 0 radical (unpaired) electrons. The fourth-order valence-corrected chi connectivity index (χ4v) is 3.66. The maximum atomic E-state index is 13.6. The molecule has 0 spiro atoms. The number of hydrogen-bond donors (Lipinski definition) is 2. The maximum Gasteiger partial charge on any atom is 0.319 e. The Morgan fingerprint density at radius 2 is 2.03 bits per heavy atom. The second-order valence-corrected chi connectivity index (χ2v) is 7.98. The summed E-state index contributed by atoms with van der Waals surface area (Å²) < 4.78 is 25.0. The van der Waals surface area contributed by atoms with Crippen LogP contribution in [0.15, 0.2) is 35.0 Å². The molecule has 0 saturated carbocycles. The van der Waals surface area contributed by atoms with E-state index in [1.54, 1.807) is 18.5 Å². The minimum Gasteiger partial charge on any atom is -0.459 e. The van der Waals surface area contributed by atoms with Crippen molar-refractivity contribution in [1.82, 2.24) is 15.3 Å². The summed E-state index contributed by atoms with van der Waals surface area (Å²) in [4.78, 5) is 23.2. The van der Waals surface area contributed by atoms with Crippen molar-refractivity contribution in [3.05, 3.63) is 47.7 Å². The Bertz CT molecular complexity index is 1060. The summed E-state index contributed by atoms with van der Waals surface area (Å²) in [5, 5.41) is 6.42. The number of anilines is 2. The number of furan rings is 1. The lowest BCUT2D eigenvalue weighted by Crippen LogP contribution is -2.35. The van der Waals surface area contributed by atoms with E-state index in [1.165, 1.54) is 12.1 Å². The average Bonchev–Trinajstić information content (AvgIpc) is 3.08. The number of nitrogens with one attached hydrogen (secondary N) is 2. The lowest BCUT2D eigenvalue weighted by atomic mass is 9.98. The molecule has 1 aromatic carbocycles. The molecule has 3 heterocycles. The fourth-order valence-electron chi connectivity index (χ4n) is 3.66. The van der Waals surface area contributed by atoms with Gasteiger partial charge in [0.15, 0.2) is 0 Å². The Kier molecular flexibility index (Phi) is 6.03. The summed E-state index contributed by atoms with van der Waals surface area (Å²) in [6, 6.07) is 3.62. The Hall–Kier alpha value is -3.20. The van der Waals surface area contributed by atoms with Gasteiger partial charge in [-0.2, -0.15) is 0 Å². The zero-order chi connectivity index (χ0) is 22.0. The highest BCUT2D eigenvalue weighted by Gasteiger charge is 2.25. The van der Waals surface area contributed by atoms with Gasteiger partial charge in [-0.15, -0.1) is 0 Å². The van der Waals surface area contributed by atoms with Gasteiger partial charge in [0.2, 0.25) is 5.95 Å². The second-order valence-electron chi connectivity index (χ2n) is 7.98. The highest BCUT2D eigenvalue weighted by atomic mass is 19.1. The van der Waals surface area contributed by atoms with Gasteiger partial charge in [0.1, 0.15) is 23.9 Å². The lowest BCUT2D eigenvalue weighted by Gasteiger charge is -2.26. The van der Waals surface area contributed by atoms with Crippen LogP contribution in [0, 0.1) is 18.7 Å². The molecule has 2 N–H and O–H groups in total. The molecule has 2 aromatic heterocycles. The molecule has 8 nitrogen and oxygen atoms in total. The summed E-state index contributed by atoms with van der Waals surface area (Å²) in [6.45, 7) is 7.88. The van der Waals surface area contributed by atoms with Crippen LogP contribution < -0.4 is 15.5 Å². The van der Waals surface area contributed by atoms with Gasteiger partial charge in [0.25, 0.3) is 0 Å². The maximum absolute atomic E-state index is 13.6. The van der Waals surface area contributed by atoms with Crippen molar-refractivity contribution in [2.45, 2.75) is 33.2 Å². The summed E-state index contributed by atoms with van der Waals surface area (Å²) in [6.07, 6.45) is 4.06. The molecule has 1 fully saturated rings. The van der Waals surface area contributed by atoms with Gasteiger partial charge < -0.3 is 24.7 Å². The number of urea groups is 1. The molecule has 1 unspecified atom stereocenters. The molecule has 0 bridgehead atoms. The third kappa shape index (κ3) is 4.61. The second kappa shape index (κ2) is 8.89. The molecule has 9 heteroatoms. The van der Waals surface area contributed by atoms with Crippen LogP contribution in [-0.4, -0.2) is 35.9 Å². The molecule has 4 rings (SSSR count). The first-order valence-electron chi connectivity index (χ1n) is 10.3. The molecule has 0 aliphatic carbocycles. The molecular weight excluding hydrogens is 401 g/mol. The largest absolute Gasteiger partial charge is 0.459 e. The number of aromatic nitrogens is 2. The van der Waals surface area contributed by atoms with Crippen LogP contribution in [0.5, 0.6) is 0 Å². The van der Waals surface area contributed by atoms with Crippen molar-refractivity contribution < 1.29 is 18.3 Å². The number of fused-ring (bicyclic) bond motifs is 1. The first kappa shape index (κ1) is 21.0. The monoisotopic (exact) mass is 427 g/mol. The molecular formula is C22H26FN5O3. The van der Waals surface area contributed by atoms with Gasteiger partial charge in [-0.25, -0.2) is 19.2 Å². The van der Waals surface area contributed by atoms with E-state index in [9.17, 15) is 9.18 Å². The summed E-state index contributed by atoms with van der Waals surface area (Å²) >= 11 is 0.